The maximum absolute atomic E-state index is 13.4. The maximum Gasteiger partial charge on any atom is 0.265 e. The molecule has 3 aliphatic carbocycles. The molecule has 3 saturated carbocycles. The first-order valence-electron chi connectivity index (χ1n) is 11.5. The van der Waals surface area contributed by atoms with Gasteiger partial charge in [-0.25, -0.2) is 4.39 Å². The number of hydrogen-bond acceptors (Lipinski definition) is 5. The minimum absolute atomic E-state index is 0.0152. The third-order valence-electron chi connectivity index (χ3n) is 8.29. The molecule has 3 fully saturated rings. The van der Waals surface area contributed by atoms with Crippen molar-refractivity contribution < 1.29 is 27.0 Å². The number of hydrogen-bond donors (Lipinski definition) is 1. The summed E-state index contributed by atoms with van der Waals surface area (Å²) in [4.78, 5) is 27.4. The van der Waals surface area contributed by atoms with E-state index in [4.69, 9.17) is 4.55 Å². The Hall–Kier alpha value is -2.19. The van der Waals surface area contributed by atoms with E-state index in [0.717, 1.165) is 35.7 Å². The molecule has 0 amide bonds. The summed E-state index contributed by atoms with van der Waals surface area (Å²) >= 11 is 0. The summed E-state index contributed by atoms with van der Waals surface area (Å²) in [5.41, 5.74) is 0.836. The monoisotopic (exact) mass is 475 g/mol. The van der Waals surface area contributed by atoms with Gasteiger partial charge in [0.25, 0.3) is 10.1 Å². The maximum atomic E-state index is 13.4. The van der Waals surface area contributed by atoms with Crippen LogP contribution in [0, 0.1) is 22.6 Å². The van der Waals surface area contributed by atoms with Gasteiger partial charge in [-0.15, -0.1) is 0 Å². The van der Waals surface area contributed by atoms with Crippen LogP contribution in [0.5, 0.6) is 0 Å². The van der Waals surface area contributed by atoms with Crippen molar-refractivity contribution in [2.45, 2.75) is 64.7 Å². The first-order chi connectivity index (χ1) is 15.4. The molecule has 33 heavy (non-hydrogen) atoms. The van der Waals surface area contributed by atoms with Crippen molar-refractivity contribution in [1.82, 2.24) is 4.98 Å². The number of fused-ring (bicyclic) bond motifs is 3. The van der Waals surface area contributed by atoms with Crippen LogP contribution in [0.1, 0.15) is 70.3 Å². The van der Waals surface area contributed by atoms with Gasteiger partial charge in [-0.05, 0) is 72.8 Å². The van der Waals surface area contributed by atoms with Crippen LogP contribution in [0.2, 0.25) is 0 Å². The van der Waals surface area contributed by atoms with Gasteiger partial charge in [0.2, 0.25) is 0 Å². The number of benzene rings is 1. The Labute approximate surface area is 193 Å². The molecule has 0 aliphatic heterocycles. The van der Waals surface area contributed by atoms with E-state index in [0.29, 0.717) is 37.4 Å². The number of ketones is 2. The van der Waals surface area contributed by atoms with E-state index in [-0.39, 0.29) is 22.9 Å². The van der Waals surface area contributed by atoms with Crippen LogP contribution in [0.3, 0.4) is 0 Å². The molecule has 1 heterocycles. The molecule has 1 aromatic carbocycles. The summed E-state index contributed by atoms with van der Waals surface area (Å²) in [6.45, 7) is 3.89. The topological polar surface area (TPSA) is 101 Å². The minimum atomic E-state index is -4.08. The lowest BCUT2D eigenvalue weighted by Gasteiger charge is -2.35. The zero-order chi connectivity index (χ0) is 24.0. The van der Waals surface area contributed by atoms with Gasteiger partial charge in [0.1, 0.15) is 17.4 Å². The SMILES string of the molecule is CC1(C)C2CC[C@]1(CS(=O)(=O)O)C(=O)C2.O=C1CCC(c2ccnc3ccc(F)cc23)CC1. The van der Waals surface area contributed by atoms with Crippen molar-refractivity contribution in [3.63, 3.8) is 0 Å². The van der Waals surface area contributed by atoms with Crippen LogP contribution >= 0.6 is 0 Å². The summed E-state index contributed by atoms with van der Waals surface area (Å²) in [5.74, 6) is 0.366. The zero-order valence-corrected chi connectivity index (χ0v) is 19.8. The smallest absolute Gasteiger partial charge is 0.265 e. The fourth-order valence-electron chi connectivity index (χ4n) is 6.17. The van der Waals surface area contributed by atoms with Gasteiger partial charge in [-0.2, -0.15) is 8.42 Å². The normalized spacial score (nSPS) is 27.0. The average Bonchev–Trinajstić information content (AvgIpc) is 3.07. The molecular weight excluding hydrogens is 445 g/mol. The largest absolute Gasteiger partial charge is 0.300 e. The number of pyridine rings is 1. The van der Waals surface area contributed by atoms with Gasteiger partial charge in [0, 0.05) is 30.8 Å². The molecule has 8 heteroatoms. The van der Waals surface area contributed by atoms with E-state index in [1.54, 1.807) is 18.3 Å². The second kappa shape index (κ2) is 8.55. The predicted molar refractivity (Wildman–Crippen MR) is 123 cm³/mol. The lowest BCUT2D eigenvalue weighted by molar-refractivity contribution is -0.128. The van der Waals surface area contributed by atoms with Gasteiger partial charge in [-0.3, -0.25) is 19.1 Å². The molecule has 1 aromatic heterocycles. The summed E-state index contributed by atoms with van der Waals surface area (Å²) < 4.78 is 44.3. The van der Waals surface area contributed by atoms with E-state index in [9.17, 15) is 22.4 Å². The number of nitrogens with zero attached hydrogens (tertiary/aromatic N) is 1. The molecule has 0 saturated heterocycles. The van der Waals surface area contributed by atoms with E-state index < -0.39 is 21.3 Å². The summed E-state index contributed by atoms with van der Waals surface area (Å²) in [6, 6.07) is 6.65. The number of carbonyl (C=O) groups is 2. The highest BCUT2D eigenvalue weighted by Crippen LogP contribution is 2.64. The molecular formula is C25H30FNO5S. The Morgan fingerprint density at radius 1 is 1.12 bits per heavy atom. The summed E-state index contributed by atoms with van der Waals surface area (Å²) in [7, 11) is -4.08. The average molecular weight is 476 g/mol. The van der Waals surface area contributed by atoms with E-state index >= 15 is 0 Å². The van der Waals surface area contributed by atoms with Crippen molar-refractivity contribution in [2.24, 2.45) is 16.7 Å². The molecule has 2 aromatic rings. The van der Waals surface area contributed by atoms with Crippen LogP contribution < -0.4 is 0 Å². The standard InChI is InChI=1S/C15H14FNO.C10H16O4S/c16-11-3-6-15-14(9-11)13(7-8-17-15)10-1-4-12(18)5-2-10;1-9(2)7-3-4-10(9,8(11)5-7)6-15(12,13)14/h3,6-10H,1-2,4-5H2;7H,3-6H2,1-2H3,(H,12,13,14)/t;7?,10-/m.0/s1. The van der Waals surface area contributed by atoms with Gasteiger partial charge in [0.15, 0.2) is 0 Å². The number of aromatic nitrogens is 1. The van der Waals surface area contributed by atoms with Crippen LogP contribution in [-0.2, 0) is 19.7 Å². The first kappa shape index (κ1) is 24.0. The highest BCUT2D eigenvalue weighted by molar-refractivity contribution is 7.85. The van der Waals surface area contributed by atoms with Crippen LogP contribution in [0.4, 0.5) is 4.39 Å². The number of rotatable bonds is 3. The molecule has 1 N–H and O–H groups in total. The van der Waals surface area contributed by atoms with Crippen molar-refractivity contribution in [1.29, 1.82) is 0 Å². The molecule has 2 atom stereocenters. The number of carbonyl (C=O) groups excluding carboxylic acids is 2. The van der Waals surface area contributed by atoms with Gasteiger partial charge >= 0.3 is 0 Å². The minimum Gasteiger partial charge on any atom is -0.300 e. The van der Waals surface area contributed by atoms with Gasteiger partial charge in [-0.1, -0.05) is 13.8 Å². The van der Waals surface area contributed by atoms with E-state index in [1.165, 1.54) is 6.07 Å². The van der Waals surface area contributed by atoms with Crippen molar-refractivity contribution >= 4 is 32.6 Å². The molecule has 5 rings (SSSR count). The molecule has 6 nitrogen and oxygen atoms in total. The second-order valence-corrected chi connectivity index (χ2v) is 11.7. The Kier molecular flexibility index (Phi) is 6.20. The quantitative estimate of drug-likeness (QED) is 0.636. The summed E-state index contributed by atoms with van der Waals surface area (Å²) in [6.07, 6.45) is 6.77. The van der Waals surface area contributed by atoms with Crippen LogP contribution in [0.25, 0.3) is 10.9 Å². The Balaban J connectivity index is 0.000000160. The van der Waals surface area contributed by atoms with Crippen molar-refractivity contribution in [2.75, 3.05) is 5.75 Å². The lowest BCUT2D eigenvalue weighted by Crippen LogP contribution is -2.42. The fraction of sp³-hybridized carbons (Fsp3) is 0.560. The van der Waals surface area contributed by atoms with Crippen LogP contribution in [0.15, 0.2) is 30.5 Å². The molecule has 2 bridgehead atoms. The molecule has 0 radical (unpaired) electrons. The Morgan fingerprint density at radius 2 is 1.82 bits per heavy atom. The van der Waals surface area contributed by atoms with Crippen molar-refractivity contribution in [3.05, 3.63) is 41.8 Å². The molecule has 1 unspecified atom stereocenters. The Morgan fingerprint density at radius 3 is 2.39 bits per heavy atom. The molecule has 3 aliphatic rings. The number of halogens is 1. The fourth-order valence-corrected chi connectivity index (χ4v) is 7.47. The third kappa shape index (κ3) is 4.47. The predicted octanol–water partition coefficient (Wildman–Crippen LogP) is 4.87. The van der Waals surface area contributed by atoms with Gasteiger partial charge in [0.05, 0.1) is 16.7 Å². The first-order valence-corrected chi connectivity index (χ1v) is 13.1. The Bertz CT molecular complexity index is 1200. The van der Waals surface area contributed by atoms with Crippen molar-refractivity contribution in [3.8, 4) is 0 Å². The number of Topliss-reactive ketones (excluding diaryl/α,β-unsaturated/α-hetero) is 2. The van der Waals surface area contributed by atoms with E-state index in [2.05, 4.69) is 4.98 Å². The van der Waals surface area contributed by atoms with Gasteiger partial charge < -0.3 is 0 Å². The third-order valence-corrected chi connectivity index (χ3v) is 9.15. The zero-order valence-electron chi connectivity index (χ0n) is 19.0. The molecule has 0 spiro atoms. The highest BCUT2D eigenvalue weighted by Gasteiger charge is 2.65. The van der Waals surface area contributed by atoms with Crippen LogP contribution in [-0.4, -0.2) is 35.3 Å². The highest BCUT2D eigenvalue weighted by atomic mass is 32.2. The summed E-state index contributed by atoms with van der Waals surface area (Å²) in [5, 5.41) is 0.886. The second-order valence-electron chi connectivity index (χ2n) is 10.3. The lowest BCUT2D eigenvalue weighted by atomic mass is 9.70. The van der Waals surface area contributed by atoms with E-state index in [1.807, 2.05) is 19.9 Å². The molecule has 178 valence electrons.